The minimum atomic E-state index is 0.0608. The molecule has 0 spiro atoms. The van der Waals surface area contributed by atoms with Crippen LogP contribution in [-0.2, 0) is 20.7 Å². The quantitative estimate of drug-likeness (QED) is 0.846. The average molecular weight is 330 g/mol. The molecule has 5 heteroatoms. The Bertz CT molecular complexity index is 588. The van der Waals surface area contributed by atoms with Gasteiger partial charge in [0.2, 0.25) is 11.8 Å². The number of piperidine rings is 1. The van der Waals surface area contributed by atoms with Crippen molar-refractivity contribution in [3.63, 3.8) is 0 Å². The highest BCUT2D eigenvalue weighted by atomic mass is 16.5. The van der Waals surface area contributed by atoms with Gasteiger partial charge in [-0.1, -0.05) is 24.3 Å². The van der Waals surface area contributed by atoms with Crippen LogP contribution in [0.1, 0.15) is 24.0 Å². The molecule has 0 atom stereocenters. The van der Waals surface area contributed by atoms with E-state index >= 15 is 0 Å². The predicted octanol–water partition coefficient (Wildman–Crippen LogP) is 1.63. The van der Waals surface area contributed by atoms with Crippen molar-refractivity contribution in [2.75, 3.05) is 39.4 Å². The van der Waals surface area contributed by atoms with Crippen LogP contribution in [0, 0.1) is 12.8 Å². The fraction of sp³-hybridized carbons (Fsp3) is 0.579. The lowest BCUT2D eigenvalue weighted by Gasteiger charge is -2.35. The van der Waals surface area contributed by atoms with Gasteiger partial charge in [0.05, 0.1) is 19.6 Å². The Kier molecular flexibility index (Phi) is 5.51. The summed E-state index contributed by atoms with van der Waals surface area (Å²) >= 11 is 0. The van der Waals surface area contributed by atoms with Crippen LogP contribution in [0.15, 0.2) is 24.3 Å². The second-order valence-corrected chi connectivity index (χ2v) is 6.70. The Hall–Kier alpha value is -1.88. The van der Waals surface area contributed by atoms with E-state index in [0.29, 0.717) is 45.8 Å². The summed E-state index contributed by atoms with van der Waals surface area (Å²) in [5, 5.41) is 0. The molecule has 0 aromatic heterocycles. The van der Waals surface area contributed by atoms with Crippen molar-refractivity contribution in [1.29, 1.82) is 0 Å². The molecule has 0 radical (unpaired) electrons. The first-order valence-corrected chi connectivity index (χ1v) is 8.84. The van der Waals surface area contributed by atoms with Crippen molar-refractivity contribution >= 4 is 11.8 Å². The Morgan fingerprint density at radius 3 is 2.38 bits per heavy atom. The molecular formula is C19H26N2O3. The van der Waals surface area contributed by atoms with Gasteiger partial charge in [0.25, 0.3) is 0 Å². The van der Waals surface area contributed by atoms with Crippen molar-refractivity contribution in [3.05, 3.63) is 35.4 Å². The molecule has 0 bridgehead atoms. The van der Waals surface area contributed by atoms with E-state index < -0.39 is 0 Å². The molecule has 2 aliphatic rings. The van der Waals surface area contributed by atoms with E-state index in [4.69, 9.17) is 4.74 Å². The number of nitrogens with zero attached hydrogens (tertiary/aromatic N) is 2. The van der Waals surface area contributed by atoms with Gasteiger partial charge in [-0.2, -0.15) is 0 Å². The molecule has 2 amide bonds. The Morgan fingerprint density at radius 1 is 1.04 bits per heavy atom. The SMILES string of the molecule is Cc1ccccc1CC(=O)N1CCC(C(=O)N2CCOCC2)CC1. The van der Waals surface area contributed by atoms with E-state index in [0.717, 1.165) is 24.0 Å². The van der Waals surface area contributed by atoms with Gasteiger partial charge in [-0.15, -0.1) is 0 Å². The molecular weight excluding hydrogens is 304 g/mol. The number of aryl methyl sites for hydroxylation is 1. The highest BCUT2D eigenvalue weighted by molar-refractivity contribution is 5.81. The first-order chi connectivity index (χ1) is 11.6. The maximum absolute atomic E-state index is 12.5. The second-order valence-electron chi connectivity index (χ2n) is 6.70. The summed E-state index contributed by atoms with van der Waals surface area (Å²) < 4.78 is 5.31. The summed E-state index contributed by atoms with van der Waals surface area (Å²) in [6.45, 7) is 6.09. The molecule has 5 nitrogen and oxygen atoms in total. The van der Waals surface area contributed by atoms with Crippen LogP contribution >= 0.6 is 0 Å². The van der Waals surface area contributed by atoms with Crippen LogP contribution in [0.5, 0.6) is 0 Å². The lowest BCUT2D eigenvalue weighted by molar-refractivity contribution is -0.143. The van der Waals surface area contributed by atoms with Crippen molar-refractivity contribution in [2.24, 2.45) is 5.92 Å². The molecule has 0 aliphatic carbocycles. The number of rotatable bonds is 3. The first kappa shape index (κ1) is 17.0. The number of carbonyl (C=O) groups is 2. The number of likely N-dealkylation sites (tertiary alicyclic amines) is 1. The van der Waals surface area contributed by atoms with Gasteiger partial charge >= 0.3 is 0 Å². The first-order valence-electron chi connectivity index (χ1n) is 8.84. The van der Waals surface area contributed by atoms with Crippen LogP contribution in [0.4, 0.5) is 0 Å². The van der Waals surface area contributed by atoms with Gasteiger partial charge in [-0.25, -0.2) is 0 Å². The number of benzene rings is 1. The number of amides is 2. The second kappa shape index (κ2) is 7.79. The third-order valence-electron chi connectivity index (χ3n) is 5.12. The highest BCUT2D eigenvalue weighted by Gasteiger charge is 2.30. The van der Waals surface area contributed by atoms with Gasteiger partial charge < -0.3 is 14.5 Å². The molecule has 0 saturated carbocycles. The Morgan fingerprint density at radius 2 is 1.71 bits per heavy atom. The van der Waals surface area contributed by atoms with Gasteiger partial charge in [0, 0.05) is 32.1 Å². The maximum Gasteiger partial charge on any atom is 0.226 e. The molecule has 2 heterocycles. The zero-order valence-corrected chi connectivity index (χ0v) is 14.4. The number of ether oxygens (including phenoxy) is 1. The van der Waals surface area contributed by atoms with Gasteiger partial charge in [-0.05, 0) is 30.9 Å². The zero-order valence-electron chi connectivity index (χ0n) is 14.4. The molecule has 2 fully saturated rings. The molecule has 24 heavy (non-hydrogen) atoms. The smallest absolute Gasteiger partial charge is 0.226 e. The third-order valence-corrected chi connectivity index (χ3v) is 5.12. The van der Waals surface area contributed by atoms with Crippen molar-refractivity contribution in [1.82, 2.24) is 9.80 Å². The minimum absolute atomic E-state index is 0.0608. The summed E-state index contributed by atoms with van der Waals surface area (Å²) in [5.74, 6) is 0.469. The third kappa shape index (κ3) is 3.96. The average Bonchev–Trinajstić information content (AvgIpc) is 2.64. The van der Waals surface area contributed by atoms with Crippen LogP contribution in [0.3, 0.4) is 0 Å². The fourth-order valence-electron chi connectivity index (χ4n) is 3.50. The van der Waals surface area contributed by atoms with E-state index in [1.165, 1.54) is 0 Å². The molecule has 1 aromatic carbocycles. The topological polar surface area (TPSA) is 49.9 Å². The van der Waals surface area contributed by atoms with E-state index in [1.807, 2.05) is 41.0 Å². The molecule has 1 aromatic rings. The fourth-order valence-corrected chi connectivity index (χ4v) is 3.50. The summed E-state index contributed by atoms with van der Waals surface area (Å²) in [5.41, 5.74) is 2.25. The number of hydrogen-bond donors (Lipinski definition) is 0. The lowest BCUT2D eigenvalue weighted by atomic mass is 9.94. The van der Waals surface area contributed by atoms with E-state index in [1.54, 1.807) is 0 Å². The van der Waals surface area contributed by atoms with Crippen molar-refractivity contribution < 1.29 is 14.3 Å². The Balaban J connectivity index is 1.50. The monoisotopic (exact) mass is 330 g/mol. The van der Waals surface area contributed by atoms with E-state index in [2.05, 4.69) is 0 Å². The molecule has 0 N–H and O–H groups in total. The maximum atomic E-state index is 12.5. The van der Waals surface area contributed by atoms with Crippen molar-refractivity contribution in [2.45, 2.75) is 26.2 Å². The van der Waals surface area contributed by atoms with Crippen LogP contribution in [0.25, 0.3) is 0 Å². The van der Waals surface area contributed by atoms with Crippen LogP contribution < -0.4 is 0 Å². The van der Waals surface area contributed by atoms with Crippen LogP contribution in [-0.4, -0.2) is 61.0 Å². The molecule has 2 saturated heterocycles. The lowest BCUT2D eigenvalue weighted by Crippen LogP contribution is -2.47. The van der Waals surface area contributed by atoms with Crippen LogP contribution in [0.2, 0.25) is 0 Å². The summed E-state index contributed by atoms with van der Waals surface area (Å²) in [6, 6.07) is 8.02. The Labute approximate surface area is 143 Å². The molecule has 0 unspecified atom stereocenters. The molecule has 2 aliphatic heterocycles. The largest absolute Gasteiger partial charge is 0.378 e. The number of carbonyl (C=O) groups excluding carboxylic acids is 2. The number of hydrogen-bond acceptors (Lipinski definition) is 3. The highest BCUT2D eigenvalue weighted by Crippen LogP contribution is 2.21. The van der Waals surface area contributed by atoms with E-state index in [9.17, 15) is 9.59 Å². The minimum Gasteiger partial charge on any atom is -0.378 e. The van der Waals surface area contributed by atoms with Gasteiger partial charge in [0.15, 0.2) is 0 Å². The standard InChI is InChI=1S/C19H26N2O3/c1-15-4-2-3-5-17(15)14-18(22)20-8-6-16(7-9-20)19(23)21-10-12-24-13-11-21/h2-5,16H,6-14H2,1H3. The van der Waals surface area contributed by atoms with Crippen molar-refractivity contribution in [3.8, 4) is 0 Å². The summed E-state index contributed by atoms with van der Waals surface area (Å²) in [4.78, 5) is 28.9. The summed E-state index contributed by atoms with van der Waals surface area (Å²) in [7, 11) is 0. The predicted molar refractivity (Wildman–Crippen MR) is 91.6 cm³/mol. The zero-order chi connectivity index (χ0) is 16.9. The van der Waals surface area contributed by atoms with E-state index in [-0.39, 0.29) is 17.7 Å². The number of morpholine rings is 1. The summed E-state index contributed by atoms with van der Waals surface area (Å²) in [6.07, 6.45) is 2.00. The van der Waals surface area contributed by atoms with Gasteiger partial charge in [-0.3, -0.25) is 9.59 Å². The molecule has 3 rings (SSSR count). The molecule has 130 valence electrons. The normalized spacial score (nSPS) is 19.4. The van der Waals surface area contributed by atoms with Gasteiger partial charge in [0.1, 0.15) is 0 Å².